The van der Waals surface area contributed by atoms with Crippen LogP contribution in [0.4, 0.5) is 0 Å². The molecule has 0 heterocycles. The van der Waals surface area contributed by atoms with Gasteiger partial charge in [0.2, 0.25) is 0 Å². The van der Waals surface area contributed by atoms with Gasteiger partial charge in [-0.2, -0.15) is 0 Å². The normalized spacial score (nSPS) is 9.42. The summed E-state index contributed by atoms with van der Waals surface area (Å²) in [6, 6.07) is 21.4. The van der Waals surface area contributed by atoms with Crippen molar-refractivity contribution in [2.24, 2.45) is 0 Å². The van der Waals surface area contributed by atoms with Gasteiger partial charge in [-0.05, 0) is 33.7 Å². The van der Waals surface area contributed by atoms with E-state index in [2.05, 4.69) is 60.7 Å². The van der Waals surface area contributed by atoms with Gasteiger partial charge in [0.25, 0.3) is 0 Å². The van der Waals surface area contributed by atoms with E-state index in [-0.39, 0.29) is 29.6 Å². The van der Waals surface area contributed by atoms with E-state index in [4.69, 9.17) is 15.1 Å². The Bertz CT molecular complexity index is 550. The van der Waals surface area contributed by atoms with Crippen molar-refractivity contribution in [2.75, 3.05) is 0 Å². The first-order valence-electron chi connectivity index (χ1n) is 5.58. The van der Waals surface area contributed by atoms with E-state index in [1.807, 2.05) is 0 Å². The molecule has 19 heavy (non-hydrogen) atoms. The molecule has 0 saturated heterocycles. The van der Waals surface area contributed by atoms with Gasteiger partial charge in [0, 0.05) is 0 Å². The molecule has 0 fully saturated rings. The Morgan fingerprint density at radius 3 is 1.00 bits per heavy atom. The van der Waals surface area contributed by atoms with E-state index < -0.39 is 7.32 Å². The molecule has 3 N–H and O–H groups in total. The summed E-state index contributed by atoms with van der Waals surface area (Å²) in [5.74, 6) is 0. The summed E-state index contributed by atoms with van der Waals surface area (Å²) in [5.41, 5.74) is 0. The van der Waals surface area contributed by atoms with Crippen LogP contribution >= 0.6 is 0 Å². The Morgan fingerprint density at radius 2 is 0.789 bits per heavy atom. The summed E-state index contributed by atoms with van der Waals surface area (Å²) < 4.78 is 0. The van der Waals surface area contributed by atoms with E-state index >= 15 is 0 Å². The van der Waals surface area contributed by atoms with Crippen molar-refractivity contribution in [3.8, 4) is 0 Å². The van der Waals surface area contributed by atoms with Crippen molar-refractivity contribution in [1.82, 2.24) is 0 Å². The molecule has 0 atom stereocenters. The standard InChI is InChI=1S/C14H10.BH3O3.Na.H/c1-2-6-12-10-14-8-4-3-7-13(14)9-11(12)5-1;2-1(3)4;;/h1-10H;2-4H;;. The molecule has 0 aromatic heterocycles. The monoisotopic (exact) mass is 264 g/mol. The van der Waals surface area contributed by atoms with E-state index in [0.29, 0.717) is 0 Å². The quantitative estimate of drug-likeness (QED) is 0.423. The Labute approximate surface area is 134 Å². The molecule has 0 amide bonds. The predicted octanol–water partition coefficient (Wildman–Crippen LogP) is 1.29. The molecular weight excluding hydrogens is 250 g/mol. The van der Waals surface area contributed by atoms with Crippen molar-refractivity contribution < 1.29 is 15.1 Å². The maximum atomic E-state index is 7.17. The Balaban J connectivity index is 0.000000323. The topological polar surface area (TPSA) is 60.7 Å². The predicted molar refractivity (Wildman–Crippen MR) is 81.0 cm³/mol. The van der Waals surface area contributed by atoms with Crippen LogP contribution in [-0.4, -0.2) is 52.0 Å². The molecule has 0 bridgehead atoms. The van der Waals surface area contributed by atoms with Gasteiger partial charge in [-0.25, -0.2) is 0 Å². The number of hydrogen-bond donors (Lipinski definition) is 3. The van der Waals surface area contributed by atoms with E-state index in [0.717, 1.165) is 0 Å². The van der Waals surface area contributed by atoms with Gasteiger partial charge in [0.05, 0.1) is 0 Å². The second-order valence-corrected chi connectivity index (χ2v) is 3.89. The fourth-order valence-corrected chi connectivity index (χ4v) is 1.88. The average Bonchev–Trinajstić information content (AvgIpc) is 2.35. The van der Waals surface area contributed by atoms with Crippen LogP contribution in [0.2, 0.25) is 0 Å². The van der Waals surface area contributed by atoms with Crippen molar-refractivity contribution in [2.45, 2.75) is 0 Å². The minimum absolute atomic E-state index is 0. The molecule has 92 valence electrons. The number of fused-ring (bicyclic) bond motifs is 2. The first-order chi connectivity index (χ1) is 8.66. The van der Waals surface area contributed by atoms with Gasteiger partial charge in [0.15, 0.2) is 0 Å². The third kappa shape index (κ3) is 4.62. The first kappa shape index (κ1) is 16.2. The van der Waals surface area contributed by atoms with Crippen molar-refractivity contribution in [1.29, 1.82) is 0 Å². The van der Waals surface area contributed by atoms with Crippen LogP contribution < -0.4 is 0 Å². The Morgan fingerprint density at radius 1 is 0.579 bits per heavy atom. The van der Waals surface area contributed by atoms with E-state index in [9.17, 15) is 0 Å². The van der Waals surface area contributed by atoms with Gasteiger partial charge in [-0.1, -0.05) is 48.5 Å². The largest absolute Gasteiger partial charge is 0.0616 e. The Hall–Kier alpha value is -0.875. The molecule has 3 nitrogen and oxygen atoms in total. The minimum Gasteiger partial charge on any atom is -0.0616 e. The van der Waals surface area contributed by atoms with Gasteiger partial charge >= 0.3 is 36.9 Å². The third-order valence-corrected chi connectivity index (χ3v) is 2.61. The van der Waals surface area contributed by atoms with Gasteiger partial charge in [-0.15, -0.1) is 0 Å². The summed E-state index contributed by atoms with van der Waals surface area (Å²) in [7, 11) is -2.17. The smallest absolute Gasteiger partial charge is 0.0178 e. The van der Waals surface area contributed by atoms with Crippen LogP contribution in [0.1, 0.15) is 0 Å². The van der Waals surface area contributed by atoms with Crippen LogP contribution in [0, 0.1) is 0 Å². The molecule has 0 radical (unpaired) electrons. The second-order valence-electron chi connectivity index (χ2n) is 3.89. The van der Waals surface area contributed by atoms with Crippen LogP contribution in [-0.2, 0) is 0 Å². The van der Waals surface area contributed by atoms with E-state index in [1.165, 1.54) is 21.5 Å². The second kappa shape index (κ2) is 7.65. The van der Waals surface area contributed by atoms with Crippen LogP contribution in [0.3, 0.4) is 0 Å². The fourth-order valence-electron chi connectivity index (χ4n) is 1.88. The molecule has 3 aromatic rings. The summed E-state index contributed by atoms with van der Waals surface area (Å²) in [6.07, 6.45) is 0. The van der Waals surface area contributed by atoms with Crippen molar-refractivity contribution >= 4 is 58.4 Å². The maximum Gasteiger partial charge on any atom is -0.0178 e. The minimum atomic E-state index is -2.17. The number of benzene rings is 3. The molecule has 3 rings (SSSR count). The van der Waals surface area contributed by atoms with Gasteiger partial charge < -0.3 is 15.1 Å². The van der Waals surface area contributed by atoms with Gasteiger partial charge in [-0.3, -0.25) is 0 Å². The number of hydrogen-bond acceptors (Lipinski definition) is 3. The summed E-state index contributed by atoms with van der Waals surface area (Å²) in [4.78, 5) is 0. The van der Waals surface area contributed by atoms with Gasteiger partial charge in [0.1, 0.15) is 0 Å². The first-order valence-corrected chi connectivity index (χ1v) is 5.58. The van der Waals surface area contributed by atoms with E-state index in [1.54, 1.807) is 0 Å². The zero-order valence-corrected chi connectivity index (χ0v) is 9.69. The van der Waals surface area contributed by atoms with Crippen molar-refractivity contribution in [3.05, 3.63) is 60.7 Å². The molecule has 0 aliphatic rings. The maximum absolute atomic E-state index is 7.17. The molecular formula is C14H14BNaO3. The van der Waals surface area contributed by atoms with Crippen LogP contribution in [0.15, 0.2) is 60.7 Å². The third-order valence-electron chi connectivity index (χ3n) is 2.61. The SMILES string of the molecule is OB(O)O.[NaH].c1ccc2cc3ccccc3cc2c1. The molecule has 3 aromatic carbocycles. The molecule has 0 saturated carbocycles. The molecule has 0 unspecified atom stereocenters. The molecule has 0 spiro atoms. The summed E-state index contributed by atoms with van der Waals surface area (Å²) >= 11 is 0. The zero-order valence-electron chi connectivity index (χ0n) is 9.69. The molecule has 0 aliphatic heterocycles. The summed E-state index contributed by atoms with van der Waals surface area (Å²) in [6.45, 7) is 0. The molecule has 5 heteroatoms. The van der Waals surface area contributed by atoms with Crippen LogP contribution in [0.25, 0.3) is 21.5 Å². The van der Waals surface area contributed by atoms with Crippen molar-refractivity contribution in [3.63, 3.8) is 0 Å². The number of rotatable bonds is 0. The zero-order chi connectivity index (χ0) is 13.0. The Kier molecular flexibility index (Phi) is 6.52. The molecule has 0 aliphatic carbocycles. The van der Waals surface area contributed by atoms with Crippen LogP contribution in [0.5, 0.6) is 0 Å². The average molecular weight is 264 g/mol. The summed E-state index contributed by atoms with van der Waals surface area (Å²) in [5, 5.41) is 26.7. The fraction of sp³-hybridized carbons (Fsp3) is 0.